The average Bonchev–Trinajstić information content (AvgIpc) is 3.30. The molecule has 0 radical (unpaired) electrons. The van der Waals surface area contributed by atoms with Crippen molar-refractivity contribution in [3.8, 4) is 17.2 Å². The maximum absolute atomic E-state index is 12.8. The van der Waals surface area contributed by atoms with E-state index in [1.54, 1.807) is 15.9 Å². The summed E-state index contributed by atoms with van der Waals surface area (Å²) in [7, 11) is 0. The van der Waals surface area contributed by atoms with Crippen LogP contribution in [-0.2, 0) is 22.4 Å². The maximum Gasteiger partial charge on any atom is 0.267 e. The molecule has 0 N–H and O–H groups in total. The first-order valence-electron chi connectivity index (χ1n) is 10.9. The first kappa shape index (κ1) is 19.7. The molecule has 7 heteroatoms. The zero-order valence-electron chi connectivity index (χ0n) is 17.4. The molecule has 1 fully saturated rings. The lowest BCUT2D eigenvalue weighted by Crippen LogP contribution is -2.55. The van der Waals surface area contributed by atoms with Gasteiger partial charge in [0.25, 0.3) is 11.8 Å². The maximum atomic E-state index is 12.8. The highest BCUT2D eigenvalue weighted by Crippen LogP contribution is 2.31. The molecule has 1 aliphatic carbocycles. The number of amides is 2. The van der Waals surface area contributed by atoms with Crippen LogP contribution in [0.4, 0.5) is 0 Å². The van der Waals surface area contributed by atoms with Crippen LogP contribution in [0.5, 0.6) is 17.2 Å². The highest BCUT2D eigenvalue weighted by Gasteiger charge is 2.33. The summed E-state index contributed by atoms with van der Waals surface area (Å²) in [6.07, 6.45) is 2.74. The standard InChI is InChI=1S/C24H26N2O5/c27-23(16-29-19-9-8-17-4-3-5-18(17)14-19)25-10-12-26(13-11-25)24(28)22-15-30-20-6-1-2-7-21(20)31-22/h1-2,6-9,14,22H,3-5,10-13,15-16H2/t22-/m1/s1. The fourth-order valence-corrected chi connectivity index (χ4v) is 4.40. The van der Waals surface area contributed by atoms with Crippen LogP contribution >= 0.6 is 0 Å². The third-order valence-corrected chi connectivity index (χ3v) is 6.16. The highest BCUT2D eigenvalue weighted by atomic mass is 16.6. The molecule has 162 valence electrons. The van der Waals surface area contributed by atoms with Crippen molar-refractivity contribution in [1.29, 1.82) is 0 Å². The second kappa shape index (κ2) is 8.49. The quantitative estimate of drug-likeness (QED) is 0.755. The molecule has 0 saturated carbocycles. The predicted molar refractivity (Wildman–Crippen MR) is 113 cm³/mol. The fraction of sp³-hybridized carbons (Fsp3) is 0.417. The summed E-state index contributed by atoms with van der Waals surface area (Å²) in [5, 5.41) is 0. The molecule has 31 heavy (non-hydrogen) atoms. The fourth-order valence-electron chi connectivity index (χ4n) is 4.40. The number of benzene rings is 2. The number of carbonyl (C=O) groups is 2. The van der Waals surface area contributed by atoms with Gasteiger partial charge in [0.15, 0.2) is 18.1 Å². The highest BCUT2D eigenvalue weighted by molar-refractivity contribution is 5.83. The van der Waals surface area contributed by atoms with E-state index in [1.807, 2.05) is 24.3 Å². The smallest absolute Gasteiger partial charge is 0.267 e. The summed E-state index contributed by atoms with van der Waals surface area (Å²) in [6.45, 7) is 2.15. The molecule has 1 saturated heterocycles. The van der Waals surface area contributed by atoms with Gasteiger partial charge in [-0.3, -0.25) is 9.59 Å². The third-order valence-electron chi connectivity index (χ3n) is 6.16. The molecule has 0 bridgehead atoms. The Bertz CT molecular complexity index is 984. The van der Waals surface area contributed by atoms with Crippen LogP contribution in [0.15, 0.2) is 42.5 Å². The Labute approximate surface area is 181 Å². The zero-order chi connectivity index (χ0) is 21.2. The van der Waals surface area contributed by atoms with E-state index < -0.39 is 6.10 Å². The van der Waals surface area contributed by atoms with Crippen LogP contribution < -0.4 is 14.2 Å². The van der Waals surface area contributed by atoms with Gasteiger partial charge in [0.05, 0.1) is 0 Å². The summed E-state index contributed by atoms with van der Waals surface area (Å²) < 4.78 is 17.2. The number of aryl methyl sites for hydroxylation is 2. The van der Waals surface area contributed by atoms with Crippen molar-refractivity contribution in [3.05, 3.63) is 53.6 Å². The number of fused-ring (bicyclic) bond motifs is 2. The lowest BCUT2D eigenvalue weighted by molar-refractivity contribution is -0.146. The third kappa shape index (κ3) is 4.17. The number of ether oxygens (including phenoxy) is 3. The summed E-state index contributed by atoms with van der Waals surface area (Å²) in [5.41, 5.74) is 2.71. The molecule has 1 atom stereocenters. The molecule has 0 aromatic heterocycles. The summed E-state index contributed by atoms with van der Waals surface area (Å²) in [5.74, 6) is 1.84. The van der Waals surface area contributed by atoms with Crippen molar-refractivity contribution in [2.45, 2.75) is 25.4 Å². The van der Waals surface area contributed by atoms with Crippen molar-refractivity contribution in [3.63, 3.8) is 0 Å². The van der Waals surface area contributed by atoms with Gasteiger partial charge in [0, 0.05) is 26.2 Å². The average molecular weight is 422 g/mol. The van der Waals surface area contributed by atoms with Gasteiger partial charge in [0.2, 0.25) is 6.10 Å². The Balaban J connectivity index is 1.10. The number of rotatable bonds is 4. The van der Waals surface area contributed by atoms with E-state index in [1.165, 1.54) is 17.5 Å². The van der Waals surface area contributed by atoms with Gasteiger partial charge in [-0.05, 0) is 54.7 Å². The number of piperazine rings is 1. The monoisotopic (exact) mass is 422 g/mol. The molecule has 2 aromatic rings. The van der Waals surface area contributed by atoms with Crippen molar-refractivity contribution in [2.24, 2.45) is 0 Å². The molecule has 2 aromatic carbocycles. The Morgan fingerprint density at radius 3 is 2.52 bits per heavy atom. The Morgan fingerprint density at radius 2 is 1.68 bits per heavy atom. The molecule has 2 heterocycles. The number of hydrogen-bond acceptors (Lipinski definition) is 5. The van der Waals surface area contributed by atoms with E-state index >= 15 is 0 Å². The van der Waals surface area contributed by atoms with Gasteiger partial charge < -0.3 is 24.0 Å². The molecule has 0 spiro atoms. The molecule has 0 unspecified atom stereocenters. The lowest BCUT2D eigenvalue weighted by atomic mass is 10.1. The van der Waals surface area contributed by atoms with Gasteiger partial charge in [-0.25, -0.2) is 0 Å². The minimum absolute atomic E-state index is 0.0170. The number of carbonyl (C=O) groups excluding carboxylic acids is 2. The molecule has 2 amide bonds. The van der Waals surface area contributed by atoms with Crippen LogP contribution in [0, 0.1) is 0 Å². The van der Waals surface area contributed by atoms with Crippen LogP contribution in [0.2, 0.25) is 0 Å². The van der Waals surface area contributed by atoms with Gasteiger partial charge >= 0.3 is 0 Å². The minimum atomic E-state index is -0.653. The Morgan fingerprint density at radius 1 is 0.935 bits per heavy atom. The molecular formula is C24H26N2O5. The van der Waals surface area contributed by atoms with Crippen molar-refractivity contribution >= 4 is 11.8 Å². The second-order valence-corrected chi connectivity index (χ2v) is 8.14. The van der Waals surface area contributed by atoms with Gasteiger partial charge in [0.1, 0.15) is 12.4 Å². The molecule has 2 aliphatic heterocycles. The predicted octanol–water partition coefficient (Wildman–Crippen LogP) is 2.06. The number of hydrogen-bond donors (Lipinski definition) is 0. The molecule has 3 aliphatic rings. The summed E-state index contributed by atoms with van der Waals surface area (Å²) in [6, 6.07) is 13.4. The summed E-state index contributed by atoms with van der Waals surface area (Å²) >= 11 is 0. The zero-order valence-corrected chi connectivity index (χ0v) is 17.4. The van der Waals surface area contributed by atoms with Crippen LogP contribution in [0.3, 0.4) is 0 Å². The molecule has 7 nitrogen and oxygen atoms in total. The largest absolute Gasteiger partial charge is 0.485 e. The van der Waals surface area contributed by atoms with E-state index in [2.05, 4.69) is 12.1 Å². The van der Waals surface area contributed by atoms with E-state index in [0.29, 0.717) is 37.7 Å². The van der Waals surface area contributed by atoms with Gasteiger partial charge in [-0.15, -0.1) is 0 Å². The van der Waals surface area contributed by atoms with Crippen molar-refractivity contribution in [1.82, 2.24) is 9.80 Å². The topological polar surface area (TPSA) is 68.3 Å². The van der Waals surface area contributed by atoms with Gasteiger partial charge in [-0.1, -0.05) is 18.2 Å². The van der Waals surface area contributed by atoms with Gasteiger partial charge in [-0.2, -0.15) is 0 Å². The van der Waals surface area contributed by atoms with E-state index in [0.717, 1.165) is 18.6 Å². The summed E-state index contributed by atoms with van der Waals surface area (Å²) in [4.78, 5) is 28.9. The molecule has 5 rings (SSSR count). The van der Waals surface area contributed by atoms with E-state index in [-0.39, 0.29) is 25.0 Å². The first-order chi connectivity index (χ1) is 15.2. The second-order valence-electron chi connectivity index (χ2n) is 8.14. The normalized spacial score (nSPS) is 19.7. The van der Waals surface area contributed by atoms with Crippen LogP contribution in [-0.4, -0.2) is 67.1 Å². The lowest BCUT2D eigenvalue weighted by Gasteiger charge is -2.37. The Kier molecular flexibility index (Phi) is 5.40. The van der Waals surface area contributed by atoms with E-state index in [4.69, 9.17) is 14.2 Å². The van der Waals surface area contributed by atoms with Crippen LogP contribution in [0.25, 0.3) is 0 Å². The van der Waals surface area contributed by atoms with Crippen LogP contribution in [0.1, 0.15) is 17.5 Å². The molecular weight excluding hydrogens is 396 g/mol. The minimum Gasteiger partial charge on any atom is -0.485 e. The first-order valence-corrected chi connectivity index (χ1v) is 10.9. The SMILES string of the molecule is O=C(COc1ccc2c(c1)CCC2)N1CCN(C(=O)[C@H]2COc3ccccc3O2)CC1. The van der Waals surface area contributed by atoms with E-state index in [9.17, 15) is 9.59 Å². The number of para-hydroxylation sites is 2. The van der Waals surface area contributed by atoms with Crippen molar-refractivity contribution in [2.75, 3.05) is 39.4 Å². The number of nitrogens with zero attached hydrogens (tertiary/aromatic N) is 2. The van der Waals surface area contributed by atoms with Crippen molar-refractivity contribution < 1.29 is 23.8 Å². The Hall–Kier alpha value is -3.22.